The van der Waals surface area contributed by atoms with Crippen LogP contribution in [0, 0.1) is 3.57 Å². The van der Waals surface area contributed by atoms with Crippen LogP contribution in [0.1, 0.15) is 22.3 Å². The van der Waals surface area contributed by atoms with E-state index in [1.807, 2.05) is 0 Å². The molecule has 1 aliphatic rings. The van der Waals surface area contributed by atoms with Crippen LogP contribution in [0.2, 0.25) is 0 Å². The van der Waals surface area contributed by atoms with Crippen molar-refractivity contribution in [2.45, 2.75) is 24.4 Å². The summed E-state index contributed by atoms with van der Waals surface area (Å²) in [5, 5.41) is 43.3. The van der Waals surface area contributed by atoms with Gasteiger partial charge in [0.2, 0.25) is 0 Å². The zero-order valence-corrected chi connectivity index (χ0v) is 11.1. The Morgan fingerprint density at radius 1 is 1.44 bits per heavy atom. The van der Waals surface area contributed by atoms with Crippen LogP contribution in [0.3, 0.4) is 0 Å². The number of aliphatic hydroxyl groups excluding tert-OH is 3. The van der Waals surface area contributed by atoms with Gasteiger partial charge in [0.25, 0.3) is 0 Å². The molecule has 100 valence electrons. The molecule has 18 heavy (non-hydrogen) atoms. The zero-order chi connectivity index (χ0) is 13.4. The molecule has 8 nitrogen and oxygen atoms in total. The van der Waals surface area contributed by atoms with Crippen molar-refractivity contribution in [3.8, 4) is 0 Å². The Hall–Kier alpha value is -0.750. The summed E-state index contributed by atoms with van der Waals surface area (Å²) in [4.78, 5) is 10.8. The molecule has 4 atom stereocenters. The number of halogens is 1. The van der Waals surface area contributed by atoms with Crippen molar-refractivity contribution in [2.24, 2.45) is 0 Å². The van der Waals surface area contributed by atoms with Gasteiger partial charge in [0.15, 0.2) is 5.69 Å². The summed E-state index contributed by atoms with van der Waals surface area (Å²) in [6, 6.07) is 0. The lowest BCUT2D eigenvalue weighted by Gasteiger charge is -2.13. The number of nitrogens with zero attached hydrogens (tertiary/aromatic N) is 1. The summed E-state index contributed by atoms with van der Waals surface area (Å²) in [6.45, 7) is -0.439. The van der Waals surface area contributed by atoms with Crippen LogP contribution < -0.4 is 0 Å². The van der Waals surface area contributed by atoms with Crippen LogP contribution in [-0.4, -0.2) is 61.5 Å². The average molecular weight is 370 g/mol. The van der Waals surface area contributed by atoms with Gasteiger partial charge < -0.3 is 25.2 Å². The molecular weight excluding hydrogens is 359 g/mol. The van der Waals surface area contributed by atoms with Gasteiger partial charge in [-0.15, -0.1) is 0 Å². The zero-order valence-electron chi connectivity index (χ0n) is 8.95. The van der Waals surface area contributed by atoms with Crippen LogP contribution in [0.5, 0.6) is 0 Å². The second-order valence-corrected chi connectivity index (χ2v) is 4.94. The number of hydrogen-bond acceptors (Lipinski definition) is 6. The number of rotatable bonds is 3. The molecule has 0 saturated carbocycles. The minimum atomic E-state index is -1.25. The van der Waals surface area contributed by atoms with Crippen LogP contribution >= 0.6 is 22.6 Å². The second kappa shape index (κ2) is 5.09. The quantitative estimate of drug-likeness (QED) is 0.425. The molecule has 0 amide bonds. The number of hydrogen-bond donors (Lipinski definition) is 5. The predicted octanol–water partition coefficient (Wildman–Crippen LogP) is -1.13. The van der Waals surface area contributed by atoms with Gasteiger partial charge in [-0.3, -0.25) is 5.10 Å². The molecule has 1 fully saturated rings. The topological polar surface area (TPSA) is 136 Å². The van der Waals surface area contributed by atoms with Gasteiger partial charge in [0.05, 0.1) is 15.9 Å². The van der Waals surface area contributed by atoms with Gasteiger partial charge in [-0.25, -0.2) is 4.79 Å². The highest BCUT2D eigenvalue weighted by Crippen LogP contribution is 2.35. The van der Waals surface area contributed by atoms with E-state index in [0.29, 0.717) is 3.57 Å². The van der Waals surface area contributed by atoms with Gasteiger partial charge in [-0.2, -0.15) is 5.10 Å². The molecule has 0 spiro atoms. The highest BCUT2D eigenvalue weighted by molar-refractivity contribution is 14.1. The normalized spacial score (nSPS) is 31.8. The maximum Gasteiger partial charge on any atom is 0.357 e. The van der Waals surface area contributed by atoms with E-state index in [4.69, 9.17) is 14.9 Å². The number of nitrogens with one attached hydrogen (secondary N) is 1. The van der Waals surface area contributed by atoms with E-state index in [9.17, 15) is 15.0 Å². The third-order valence-electron chi connectivity index (χ3n) is 2.76. The van der Waals surface area contributed by atoms with Crippen molar-refractivity contribution in [3.05, 3.63) is 15.0 Å². The number of aliphatic hydroxyl groups is 3. The summed E-state index contributed by atoms with van der Waals surface area (Å²) >= 11 is 1.77. The van der Waals surface area contributed by atoms with Crippen LogP contribution in [0.4, 0.5) is 0 Å². The maximum absolute atomic E-state index is 10.8. The standard InChI is InChI=1S/C9H11IN2O6/c10-3-4(11-12-5(3)9(16)17)8-7(15)6(14)2(1-13)18-8/h2,6-8,13-15H,1H2,(H,11,12)(H,16,17)/t2-,6-,7-,8+/m1/s1. The predicted molar refractivity (Wildman–Crippen MR) is 65.0 cm³/mol. The minimum Gasteiger partial charge on any atom is -0.476 e. The number of carboxylic acids is 1. The number of aromatic amines is 1. The highest BCUT2D eigenvalue weighted by Gasteiger charge is 2.45. The number of H-pyrrole nitrogens is 1. The summed E-state index contributed by atoms with van der Waals surface area (Å²) in [7, 11) is 0. The summed E-state index contributed by atoms with van der Waals surface area (Å²) < 4.78 is 5.58. The van der Waals surface area contributed by atoms with Gasteiger partial charge >= 0.3 is 5.97 Å². The van der Waals surface area contributed by atoms with Crippen LogP contribution in [-0.2, 0) is 4.74 Å². The number of ether oxygens (including phenoxy) is 1. The number of aromatic carboxylic acids is 1. The third kappa shape index (κ3) is 2.12. The molecule has 0 bridgehead atoms. The van der Waals surface area contributed by atoms with E-state index in [2.05, 4.69) is 10.2 Å². The largest absolute Gasteiger partial charge is 0.476 e. The van der Waals surface area contributed by atoms with Gasteiger partial charge in [0, 0.05) is 0 Å². The lowest BCUT2D eigenvalue weighted by atomic mass is 10.1. The van der Waals surface area contributed by atoms with Crippen molar-refractivity contribution in [3.63, 3.8) is 0 Å². The highest BCUT2D eigenvalue weighted by atomic mass is 127. The first-order chi connectivity index (χ1) is 8.47. The Morgan fingerprint density at radius 3 is 2.56 bits per heavy atom. The molecule has 9 heteroatoms. The maximum atomic E-state index is 10.8. The van der Waals surface area contributed by atoms with Crippen LogP contribution in [0.15, 0.2) is 0 Å². The summed E-state index contributed by atoms with van der Waals surface area (Å²) in [5.74, 6) is -1.20. The fourth-order valence-corrected chi connectivity index (χ4v) is 2.59. The Morgan fingerprint density at radius 2 is 2.11 bits per heavy atom. The smallest absolute Gasteiger partial charge is 0.357 e. The SMILES string of the molecule is O=C(O)c1n[nH]c([C@@H]2O[C@H](CO)[C@@H](O)[C@H]2O)c1I. The van der Waals surface area contributed by atoms with Crippen molar-refractivity contribution in [2.75, 3.05) is 6.61 Å². The van der Waals surface area contributed by atoms with Gasteiger partial charge in [0.1, 0.15) is 24.4 Å². The molecule has 5 N–H and O–H groups in total. The van der Waals surface area contributed by atoms with Crippen molar-refractivity contribution in [1.29, 1.82) is 0 Å². The average Bonchev–Trinajstić information content (AvgIpc) is 2.82. The first-order valence-electron chi connectivity index (χ1n) is 5.06. The summed E-state index contributed by atoms with van der Waals surface area (Å²) in [6.07, 6.45) is -4.33. The number of carbonyl (C=O) groups is 1. The van der Waals surface area contributed by atoms with E-state index in [-0.39, 0.29) is 11.4 Å². The molecule has 2 heterocycles. The molecule has 0 unspecified atom stereocenters. The Labute approximate surface area is 115 Å². The monoisotopic (exact) mass is 370 g/mol. The Kier molecular flexibility index (Phi) is 3.87. The Balaban J connectivity index is 2.30. The molecule has 0 radical (unpaired) electrons. The van der Waals surface area contributed by atoms with E-state index in [0.717, 1.165) is 0 Å². The molecule has 0 aromatic carbocycles. The van der Waals surface area contributed by atoms with Crippen molar-refractivity contribution < 1.29 is 30.0 Å². The lowest BCUT2D eigenvalue weighted by Crippen LogP contribution is -2.32. The molecule has 0 aliphatic carbocycles. The summed E-state index contributed by atoms with van der Waals surface area (Å²) in [5.41, 5.74) is 0.0961. The van der Waals surface area contributed by atoms with Gasteiger partial charge in [-0.05, 0) is 22.6 Å². The van der Waals surface area contributed by atoms with Gasteiger partial charge in [-0.1, -0.05) is 0 Å². The minimum absolute atomic E-state index is 0.177. The van der Waals surface area contributed by atoms with Crippen molar-refractivity contribution >= 4 is 28.6 Å². The molecule has 1 aliphatic heterocycles. The first kappa shape index (κ1) is 13.7. The molecule has 1 saturated heterocycles. The van der Waals surface area contributed by atoms with E-state index in [1.54, 1.807) is 22.6 Å². The van der Waals surface area contributed by atoms with E-state index in [1.165, 1.54) is 0 Å². The molecule has 1 aromatic rings. The van der Waals surface area contributed by atoms with E-state index >= 15 is 0 Å². The van der Waals surface area contributed by atoms with Crippen molar-refractivity contribution in [1.82, 2.24) is 10.2 Å². The fourth-order valence-electron chi connectivity index (χ4n) is 1.81. The third-order valence-corrected chi connectivity index (χ3v) is 3.85. The lowest BCUT2D eigenvalue weighted by molar-refractivity contribution is -0.0241. The van der Waals surface area contributed by atoms with E-state index < -0.39 is 37.0 Å². The second-order valence-electron chi connectivity index (χ2n) is 3.86. The molecule has 1 aromatic heterocycles. The molecule has 2 rings (SSSR count). The first-order valence-corrected chi connectivity index (χ1v) is 6.14. The number of carboxylic acid groups (broad SMARTS) is 1. The Bertz CT molecular complexity index is 464. The fraction of sp³-hybridized carbons (Fsp3) is 0.556. The molecular formula is C9H11IN2O6. The number of aromatic nitrogens is 2. The van der Waals surface area contributed by atoms with Crippen LogP contribution in [0.25, 0.3) is 0 Å².